The molecule has 9 aromatic rings. The number of aromatic nitrogens is 1. The molecule has 1 aromatic heterocycles. The minimum absolute atomic E-state index is 1.16. The van der Waals surface area contributed by atoms with E-state index >= 15 is 0 Å². The van der Waals surface area contributed by atoms with E-state index in [2.05, 4.69) is 163 Å². The average Bonchev–Trinajstić information content (AvgIpc) is 3.43. The predicted molar refractivity (Wildman–Crippen MR) is 185 cm³/mol. The molecule has 0 unspecified atom stereocenters. The van der Waals surface area contributed by atoms with Crippen molar-refractivity contribution >= 4 is 54.1 Å². The Bertz CT molecular complexity index is 2440. The first-order chi connectivity index (χ1) is 21.3. The van der Waals surface area contributed by atoms with Gasteiger partial charge in [-0.2, -0.15) is 0 Å². The highest BCUT2D eigenvalue weighted by atomic mass is 14.7. The molecule has 1 nitrogen and oxygen atoms in total. The van der Waals surface area contributed by atoms with Gasteiger partial charge in [0.15, 0.2) is 0 Å². The van der Waals surface area contributed by atoms with E-state index in [4.69, 9.17) is 0 Å². The fraction of sp³-hybridized carbons (Fsp3) is 0. The van der Waals surface area contributed by atoms with E-state index in [-0.39, 0.29) is 0 Å². The van der Waals surface area contributed by atoms with Crippen molar-refractivity contribution in [1.82, 2.24) is 4.98 Å². The van der Waals surface area contributed by atoms with E-state index in [1.165, 1.54) is 82.0 Å². The molecule has 1 N–H and O–H groups in total. The van der Waals surface area contributed by atoms with Crippen LogP contribution >= 0.6 is 0 Å². The molecule has 8 aromatic carbocycles. The summed E-state index contributed by atoms with van der Waals surface area (Å²) >= 11 is 0. The standard InChI is InChI=1S/C42H27N/c1-2-12-27(13-3-1)31-16-6-7-17-33(31)42-36-20-10-8-18-34(36)41(35-19-9-11-21-37(35)42)30-22-23-32-38-24-28-14-4-5-15-29(28)25-40(38)43-39(32)26-30/h1-26,43H. The molecule has 0 saturated carbocycles. The van der Waals surface area contributed by atoms with E-state index in [0.29, 0.717) is 0 Å². The van der Waals surface area contributed by atoms with Gasteiger partial charge in [0.05, 0.1) is 0 Å². The third-order valence-electron chi connectivity index (χ3n) is 8.97. The largest absolute Gasteiger partial charge is 0.354 e. The molecule has 1 heterocycles. The Hall–Kier alpha value is -5.66. The maximum absolute atomic E-state index is 3.74. The third kappa shape index (κ3) is 3.72. The molecule has 0 fully saturated rings. The monoisotopic (exact) mass is 545 g/mol. The van der Waals surface area contributed by atoms with Crippen LogP contribution in [0.25, 0.3) is 87.5 Å². The second-order valence-electron chi connectivity index (χ2n) is 11.4. The van der Waals surface area contributed by atoms with Gasteiger partial charge < -0.3 is 4.98 Å². The van der Waals surface area contributed by atoms with Gasteiger partial charge in [-0.25, -0.2) is 0 Å². The van der Waals surface area contributed by atoms with Gasteiger partial charge in [0.1, 0.15) is 0 Å². The molecule has 200 valence electrons. The van der Waals surface area contributed by atoms with Gasteiger partial charge in [-0.3, -0.25) is 0 Å². The van der Waals surface area contributed by atoms with Crippen molar-refractivity contribution in [3.8, 4) is 33.4 Å². The van der Waals surface area contributed by atoms with Gasteiger partial charge in [-0.1, -0.05) is 140 Å². The van der Waals surface area contributed by atoms with Crippen LogP contribution in [0.3, 0.4) is 0 Å². The summed E-state index contributed by atoms with van der Waals surface area (Å²) < 4.78 is 0. The Labute approximate surface area is 249 Å². The zero-order valence-electron chi connectivity index (χ0n) is 23.5. The minimum Gasteiger partial charge on any atom is -0.354 e. The van der Waals surface area contributed by atoms with Crippen molar-refractivity contribution in [2.24, 2.45) is 0 Å². The van der Waals surface area contributed by atoms with E-state index in [1.54, 1.807) is 0 Å². The molecular weight excluding hydrogens is 518 g/mol. The summed E-state index contributed by atoms with van der Waals surface area (Å²) in [5, 5.41) is 10.1. The molecule has 0 amide bonds. The maximum atomic E-state index is 3.74. The molecule has 9 rings (SSSR count). The van der Waals surface area contributed by atoms with Gasteiger partial charge >= 0.3 is 0 Å². The predicted octanol–water partition coefficient (Wildman–Crippen LogP) is 11.8. The minimum atomic E-state index is 1.16. The second-order valence-corrected chi connectivity index (χ2v) is 11.4. The third-order valence-corrected chi connectivity index (χ3v) is 8.97. The lowest BCUT2D eigenvalue weighted by molar-refractivity contribution is 1.55. The number of nitrogens with one attached hydrogen (secondary N) is 1. The Morgan fingerprint density at radius 1 is 0.302 bits per heavy atom. The Kier molecular flexibility index (Phi) is 5.27. The summed E-state index contributed by atoms with van der Waals surface area (Å²) in [6, 6.07) is 57.5. The van der Waals surface area contributed by atoms with Crippen LogP contribution in [0.4, 0.5) is 0 Å². The first-order valence-electron chi connectivity index (χ1n) is 14.9. The number of rotatable bonds is 3. The summed E-state index contributed by atoms with van der Waals surface area (Å²) in [6.07, 6.45) is 0. The highest BCUT2D eigenvalue weighted by Crippen LogP contribution is 2.46. The highest BCUT2D eigenvalue weighted by molar-refractivity contribution is 6.23. The molecule has 0 spiro atoms. The number of hydrogen-bond donors (Lipinski definition) is 1. The number of aromatic amines is 1. The molecule has 0 saturated heterocycles. The van der Waals surface area contributed by atoms with Crippen molar-refractivity contribution in [1.29, 1.82) is 0 Å². The zero-order valence-corrected chi connectivity index (χ0v) is 23.5. The van der Waals surface area contributed by atoms with Crippen LogP contribution in [0.1, 0.15) is 0 Å². The van der Waals surface area contributed by atoms with Crippen molar-refractivity contribution < 1.29 is 0 Å². The Morgan fingerprint density at radius 3 is 1.53 bits per heavy atom. The quantitative estimate of drug-likeness (QED) is 0.213. The summed E-state index contributed by atoms with van der Waals surface area (Å²) in [6.45, 7) is 0. The molecule has 0 aliphatic heterocycles. The van der Waals surface area contributed by atoms with Crippen molar-refractivity contribution in [2.75, 3.05) is 0 Å². The second kappa shape index (κ2) is 9.44. The molecule has 0 radical (unpaired) electrons. The zero-order chi connectivity index (χ0) is 28.3. The van der Waals surface area contributed by atoms with Crippen LogP contribution in [-0.2, 0) is 0 Å². The van der Waals surface area contributed by atoms with Gasteiger partial charge in [-0.15, -0.1) is 0 Å². The summed E-state index contributed by atoms with van der Waals surface area (Å²) in [5.41, 5.74) is 9.85. The smallest absolute Gasteiger partial charge is 0.0471 e. The summed E-state index contributed by atoms with van der Waals surface area (Å²) in [7, 11) is 0. The van der Waals surface area contributed by atoms with Crippen LogP contribution in [0, 0.1) is 0 Å². The van der Waals surface area contributed by atoms with Crippen LogP contribution in [0.5, 0.6) is 0 Å². The van der Waals surface area contributed by atoms with E-state index in [9.17, 15) is 0 Å². The lowest BCUT2D eigenvalue weighted by Gasteiger charge is -2.19. The van der Waals surface area contributed by atoms with Crippen LogP contribution in [0.2, 0.25) is 0 Å². The Morgan fingerprint density at radius 2 is 0.837 bits per heavy atom. The molecule has 43 heavy (non-hydrogen) atoms. The van der Waals surface area contributed by atoms with Crippen LogP contribution in [-0.4, -0.2) is 4.98 Å². The van der Waals surface area contributed by atoms with Crippen LogP contribution < -0.4 is 0 Å². The average molecular weight is 546 g/mol. The molecular formula is C42H27N. The normalized spacial score (nSPS) is 11.7. The summed E-state index contributed by atoms with van der Waals surface area (Å²) in [4.78, 5) is 3.74. The number of fused-ring (bicyclic) bond motifs is 6. The maximum Gasteiger partial charge on any atom is 0.0471 e. The fourth-order valence-corrected chi connectivity index (χ4v) is 7.05. The first kappa shape index (κ1) is 24.0. The van der Waals surface area contributed by atoms with Gasteiger partial charge in [0.2, 0.25) is 0 Å². The van der Waals surface area contributed by atoms with Crippen molar-refractivity contribution in [2.45, 2.75) is 0 Å². The van der Waals surface area contributed by atoms with Crippen molar-refractivity contribution in [3.63, 3.8) is 0 Å². The summed E-state index contributed by atoms with van der Waals surface area (Å²) in [5.74, 6) is 0. The highest BCUT2D eigenvalue weighted by Gasteiger charge is 2.19. The molecule has 0 aliphatic rings. The van der Waals surface area contributed by atoms with E-state index in [0.717, 1.165) is 5.52 Å². The lowest BCUT2D eigenvalue weighted by atomic mass is 9.84. The van der Waals surface area contributed by atoms with Gasteiger partial charge in [-0.05, 0) is 83.9 Å². The van der Waals surface area contributed by atoms with E-state index < -0.39 is 0 Å². The van der Waals surface area contributed by atoms with E-state index in [1.807, 2.05) is 0 Å². The lowest BCUT2D eigenvalue weighted by Crippen LogP contribution is -1.92. The fourth-order valence-electron chi connectivity index (χ4n) is 7.05. The molecule has 0 atom stereocenters. The van der Waals surface area contributed by atoms with Crippen molar-refractivity contribution in [3.05, 3.63) is 158 Å². The SMILES string of the molecule is c1ccc(-c2ccccc2-c2c3ccccc3c(-c3ccc4c(c3)[nH]c3cc5ccccc5cc34)c3ccccc23)cc1. The number of H-pyrrole nitrogens is 1. The number of benzene rings is 8. The molecule has 0 aliphatic carbocycles. The topological polar surface area (TPSA) is 15.8 Å². The molecule has 0 bridgehead atoms. The Balaban J connectivity index is 1.34. The van der Waals surface area contributed by atoms with Gasteiger partial charge in [0, 0.05) is 21.8 Å². The molecule has 1 heteroatoms. The number of hydrogen-bond acceptors (Lipinski definition) is 0. The first-order valence-corrected chi connectivity index (χ1v) is 14.9. The van der Waals surface area contributed by atoms with Crippen LogP contribution in [0.15, 0.2) is 158 Å². The van der Waals surface area contributed by atoms with Gasteiger partial charge in [0.25, 0.3) is 0 Å².